The number of halogens is 1. The zero-order valence-electron chi connectivity index (χ0n) is 6.59. The second-order valence-electron chi connectivity index (χ2n) is 2.55. The molecular weight excluding hydrogens is 216 g/mol. The van der Waals surface area contributed by atoms with E-state index in [0.717, 1.165) is 22.8 Å². The van der Waals surface area contributed by atoms with Crippen LogP contribution in [0.15, 0.2) is 35.3 Å². The van der Waals surface area contributed by atoms with Crippen molar-refractivity contribution in [1.82, 2.24) is 0 Å². The molecule has 0 fully saturated rings. The van der Waals surface area contributed by atoms with Crippen LogP contribution in [0.1, 0.15) is 15.9 Å². The lowest BCUT2D eigenvalue weighted by Crippen LogP contribution is -1.84. The third-order valence-electron chi connectivity index (χ3n) is 1.51. The summed E-state index contributed by atoms with van der Waals surface area (Å²) in [6.07, 6.45) is 1.64. The minimum Gasteiger partial charge on any atom is -0.298 e. The zero-order chi connectivity index (χ0) is 8.97. The molecule has 0 aliphatic carbocycles. The Morgan fingerprint density at radius 2 is 2.00 bits per heavy atom. The van der Waals surface area contributed by atoms with Crippen molar-refractivity contribution in [3.63, 3.8) is 0 Å². The summed E-state index contributed by atoms with van der Waals surface area (Å²) in [5.74, 6) is 0. The van der Waals surface area contributed by atoms with Crippen molar-refractivity contribution in [2.24, 2.45) is 0 Å². The number of hydrogen-bond donors (Lipinski definition) is 0. The average molecular weight is 225 g/mol. The van der Waals surface area contributed by atoms with Crippen molar-refractivity contribution in [1.29, 1.82) is 0 Å². The summed E-state index contributed by atoms with van der Waals surface area (Å²) >= 11 is 3.28. The van der Waals surface area contributed by atoms with Crippen LogP contribution in [-0.4, -0.2) is 6.29 Å². The second-order valence-corrected chi connectivity index (χ2v) is 3.67. The molecule has 0 radical (unpaired) electrons. The third-order valence-corrected chi connectivity index (χ3v) is 1.79. The van der Waals surface area contributed by atoms with Gasteiger partial charge in [0.25, 0.3) is 0 Å². The van der Waals surface area contributed by atoms with Gasteiger partial charge in [0.1, 0.15) is 6.29 Å². The van der Waals surface area contributed by atoms with Crippen molar-refractivity contribution < 1.29 is 4.79 Å². The zero-order valence-corrected chi connectivity index (χ0v) is 8.17. The maximum Gasteiger partial charge on any atom is 0.150 e. The van der Waals surface area contributed by atoms with E-state index in [1.54, 1.807) is 12.1 Å². The molecule has 0 aliphatic rings. The van der Waals surface area contributed by atoms with Crippen molar-refractivity contribution in [2.45, 2.75) is 6.42 Å². The molecular formula is C10H9BrO. The van der Waals surface area contributed by atoms with Gasteiger partial charge in [-0.25, -0.2) is 0 Å². The highest BCUT2D eigenvalue weighted by atomic mass is 79.9. The van der Waals surface area contributed by atoms with E-state index in [9.17, 15) is 4.79 Å². The fourth-order valence-corrected chi connectivity index (χ4v) is 1.26. The Kier molecular flexibility index (Phi) is 3.23. The van der Waals surface area contributed by atoms with Crippen LogP contribution in [0.3, 0.4) is 0 Å². The molecule has 0 unspecified atom stereocenters. The highest BCUT2D eigenvalue weighted by Gasteiger charge is 1.94. The van der Waals surface area contributed by atoms with Crippen molar-refractivity contribution in [3.05, 3.63) is 46.5 Å². The van der Waals surface area contributed by atoms with Crippen LogP contribution in [0.4, 0.5) is 0 Å². The monoisotopic (exact) mass is 224 g/mol. The van der Waals surface area contributed by atoms with Gasteiger partial charge < -0.3 is 0 Å². The van der Waals surface area contributed by atoms with Crippen molar-refractivity contribution in [3.8, 4) is 0 Å². The highest BCUT2D eigenvalue weighted by molar-refractivity contribution is 9.11. The molecule has 2 heteroatoms. The number of carbonyl (C=O) groups excluding carboxylic acids is 1. The SMILES string of the molecule is C=C(Br)Cc1ccc(C=O)cc1. The Hall–Kier alpha value is -0.890. The molecule has 0 N–H and O–H groups in total. The summed E-state index contributed by atoms with van der Waals surface area (Å²) < 4.78 is 0.946. The Bertz CT molecular complexity index is 287. The van der Waals surface area contributed by atoms with Gasteiger partial charge in [0.05, 0.1) is 0 Å². The minimum atomic E-state index is 0.707. The Balaban J connectivity index is 2.77. The molecule has 0 aliphatic heterocycles. The van der Waals surface area contributed by atoms with Gasteiger partial charge in [-0.2, -0.15) is 0 Å². The van der Waals surface area contributed by atoms with Gasteiger partial charge in [0.15, 0.2) is 0 Å². The molecule has 62 valence electrons. The summed E-state index contributed by atoms with van der Waals surface area (Å²) in [7, 11) is 0. The molecule has 12 heavy (non-hydrogen) atoms. The number of carbonyl (C=O) groups is 1. The summed E-state index contributed by atoms with van der Waals surface area (Å²) in [5, 5.41) is 0. The molecule has 0 atom stereocenters. The van der Waals surface area contributed by atoms with Crippen molar-refractivity contribution in [2.75, 3.05) is 0 Å². The van der Waals surface area contributed by atoms with Gasteiger partial charge in [0, 0.05) is 12.0 Å². The Labute approximate surface area is 80.2 Å². The molecule has 0 spiro atoms. The molecule has 1 nitrogen and oxygen atoms in total. The predicted molar refractivity (Wildman–Crippen MR) is 53.6 cm³/mol. The van der Waals surface area contributed by atoms with Gasteiger partial charge in [-0.05, 0) is 10.0 Å². The largest absolute Gasteiger partial charge is 0.298 e. The minimum absolute atomic E-state index is 0.707. The Morgan fingerprint density at radius 3 is 2.42 bits per heavy atom. The highest BCUT2D eigenvalue weighted by Crippen LogP contribution is 2.11. The first kappa shape index (κ1) is 9.20. The second kappa shape index (κ2) is 4.21. The standard InChI is InChI=1S/C10H9BrO/c1-8(11)6-9-2-4-10(7-12)5-3-9/h2-5,7H,1,6H2. The Morgan fingerprint density at radius 1 is 1.42 bits per heavy atom. The summed E-state index contributed by atoms with van der Waals surface area (Å²) in [4.78, 5) is 10.3. The molecule has 0 heterocycles. The number of benzene rings is 1. The van der Waals surface area contributed by atoms with Crippen LogP contribution in [-0.2, 0) is 6.42 Å². The van der Waals surface area contributed by atoms with E-state index in [1.807, 2.05) is 12.1 Å². The first-order valence-electron chi connectivity index (χ1n) is 3.60. The lowest BCUT2D eigenvalue weighted by molar-refractivity contribution is 0.112. The maximum absolute atomic E-state index is 10.3. The van der Waals surface area contributed by atoms with Crippen LogP contribution >= 0.6 is 15.9 Å². The van der Waals surface area contributed by atoms with Gasteiger partial charge in [-0.3, -0.25) is 4.79 Å². The number of allylic oxidation sites excluding steroid dienone is 1. The van der Waals surface area contributed by atoms with E-state index in [2.05, 4.69) is 22.5 Å². The molecule has 0 amide bonds. The number of aldehydes is 1. The van der Waals surface area contributed by atoms with Gasteiger partial charge >= 0.3 is 0 Å². The maximum atomic E-state index is 10.3. The van der Waals surface area contributed by atoms with E-state index >= 15 is 0 Å². The van der Waals surface area contributed by atoms with Crippen LogP contribution in [0.2, 0.25) is 0 Å². The first-order chi connectivity index (χ1) is 5.72. The van der Waals surface area contributed by atoms with Crippen LogP contribution in [0, 0.1) is 0 Å². The molecule has 1 aromatic rings. The molecule has 0 bridgehead atoms. The van der Waals surface area contributed by atoms with E-state index in [1.165, 1.54) is 0 Å². The number of rotatable bonds is 3. The smallest absolute Gasteiger partial charge is 0.150 e. The van der Waals surface area contributed by atoms with Gasteiger partial charge in [-0.1, -0.05) is 46.8 Å². The molecule has 0 aromatic heterocycles. The lowest BCUT2D eigenvalue weighted by Gasteiger charge is -1.98. The summed E-state index contributed by atoms with van der Waals surface area (Å²) in [5.41, 5.74) is 1.86. The van der Waals surface area contributed by atoms with E-state index in [4.69, 9.17) is 0 Å². The normalized spacial score (nSPS) is 9.42. The average Bonchev–Trinajstić information content (AvgIpc) is 2.05. The first-order valence-corrected chi connectivity index (χ1v) is 4.39. The summed E-state index contributed by atoms with van der Waals surface area (Å²) in [6.45, 7) is 3.74. The third kappa shape index (κ3) is 2.62. The molecule has 0 saturated carbocycles. The topological polar surface area (TPSA) is 17.1 Å². The molecule has 1 rings (SSSR count). The van der Waals surface area contributed by atoms with Crippen LogP contribution in [0.25, 0.3) is 0 Å². The number of hydrogen-bond acceptors (Lipinski definition) is 1. The lowest BCUT2D eigenvalue weighted by atomic mass is 10.1. The van der Waals surface area contributed by atoms with Crippen LogP contribution < -0.4 is 0 Å². The molecule has 1 aromatic carbocycles. The van der Waals surface area contributed by atoms with Crippen LogP contribution in [0.5, 0.6) is 0 Å². The van der Waals surface area contributed by atoms with Gasteiger partial charge in [0.2, 0.25) is 0 Å². The quantitative estimate of drug-likeness (QED) is 0.722. The fourth-order valence-electron chi connectivity index (χ4n) is 0.936. The summed E-state index contributed by atoms with van der Waals surface area (Å²) in [6, 6.07) is 7.46. The van der Waals surface area contributed by atoms with Gasteiger partial charge in [-0.15, -0.1) is 0 Å². The predicted octanol–water partition coefficient (Wildman–Crippen LogP) is 2.95. The van der Waals surface area contributed by atoms with E-state index < -0.39 is 0 Å². The van der Waals surface area contributed by atoms with E-state index in [-0.39, 0.29) is 0 Å². The fraction of sp³-hybridized carbons (Fsp3) is 0.100. The molecule has 0 saturated heterocycles. The van der Waals surface area contributed by atoms with E-state index in [0.29, 0.717) is 5.56 Å². The van der Waals surface area contributed by atoms with Crippen molar-refractivity contribution >= 4 is 22.2 Å².